The third-order valence-corrected chi connectivity index (χ3v) is 11.9. The number of nitrogens with zero attached hydrogens (tertiary/aromatic N) is 1. The van der Waals surface area contributed by atoms with Crippen LogP contribution in [-0.2, 0) is 35.1 Å². The number of esters is 1. The van der Waals surface area contributed by atoms with Gasteiger partial charge in [-0.05, 0) is 25.5 Å². The molecule has 0 aliphatic carbocycles. The number of allylic oxidation sites excluding steroid dienone is 2. The van der Waals surface area contributed by atoms with Crippen molar-refractivity contribution in [3.8, 4) is 23.0 Å². The number of ketones is 1. The number of aliphatic hydroxyl groups is 2. The molecule has 0 spiro atoms. The quantitative estimate of drug-likeness (QED) is 0.135. The van der Waals surface area contributed by atoms with Gasteiger partial charge in [-0.2, -0.15) is 0 Å². The molecule has 62 heavy (non-hydrogen) atoms. The Bertz CT molecular complexity index is 2270. The Morgan fingerprint density at radius 1 is 0.935 bits per heavy atom. The van der Waals surface area contributed by atoms with Crippen LogP contribution in [0.1, 0.15) is 70.0 Å². The molecule has 334 valence electrons. The first-order chi connectivity index (χ1) is 29.2. The molecule has 15 heteroatoms. The lowest BCUT2D eigenvalue weighted by molar-refractivity contribution is -0.160. The zero-order valence-electron chi connectivity index (χ0n) is 36.8. The summed E-state index contributed by atoms with van der Waals surface area (Å²) in [7, 11) is 3.04. The van der Waals surface area contributed by atoms with Gasteiger partial charge in [0.2, 0.25) is 0 Å². The Labute approximate surface area is 361 Å². The maximum atomic E-state index is 14.6. The number of Topliss-reactive ketones (excluding diaryl/α,β-unsaturated/α-hetero) is 1. The molecule has 5 bridgehead atoms. The topological polar surface area (TPSA) is 211 Å². The van der Waals surface area contributed by atoms with E-state index in [2.05, 4.69) is 5.32 Å². The molecule has 9 atom stereocenters. The third kappa shape index (κ3) is 9.75. The molecule has 3 aliphatic rings. The lowest BCUT2D eigenvalue weighted by atomic mass is 9.78. The van der Waals surface area contributed by atoms with E-state index < -0.39 is 95.5 Å². The number of fused-ring (bicyclic) bond motifs is 14. The number of anilines is 1. The molecular formula is C47H58N2O13. The van der Waals surface area contributed by atoms with Crippen LogP contribution in [0.15, 0.2) is 72.5 Å². The van der Waals surface area contributed by atoms with Crippen LogP contribution >= 0.6 is 0 Å². The molecule has 3 aromatic rings. The van der Waals surface area contributed by atoms with Gasteiger partial charge in [0.1, 0.15) is 23.4 Å². The lowest BCUT2D eigenvalue weighted by Gasteiger charge is -2.38. The van der Waals surface area contributed by atoms with E-state index in [-0.39, 0.29) is 51.2 Å². The summed E-state index contributed by atoms with van der Waals surface area (Å²) in [5, 5.41) is 48.6. The molecule has 5 N–H and O–H groups in total. The Morgan fingerprint density at radius 3 is 2.26 bits per heavy atom. The van der Waals surface area contributed by atoms with Crippen molar-refractivity contribution in [1.82, 2.24) is 4.90 Å². The second-order valence-electron chi connectivity index (χ2n) is 16.4. The van der Waals surface area contributed by atoms with Crippen LogP contribution in [0, 0.1) is 30.6 Å². The van der Waals surface area contributed by atoms with E-state index >= 15 is 0 Å². The standard InChI is InChI=1S/C47H58N2O13/c1-24-15-14-16-25(2)46(57)48-32-21-34(59-23-35(51)49(9)22-31-17-12-11-13-18-31)36-37(42(32)55)41(54)29(6)44-38(36)45(56)47(8,62-44)60-20-19-33(58-10)26(3)43(61-30(7)50)28(5)40(53)27(4)39(24)52/h11-21,24,26-28,33,39-40,43,52-55H,22-23H2,1-10H3,(H,48,57)/b15-14+,20-19+,25-16-/t24-,26-,27-,28-,33+,39-,40+,43-,47+/m1/s1. The van der Waals surface area contributed by atoms with Crippen LogP contribution in [0.25, 0.3) is 10.8 Å². The highest BCUT2D eigenvalue weighted by atomic mass is 16.7. The fourth-order valence-corrected chi connectivity index (χ4v) is 7.94. The minimum Gasteiger partial charge on any atom is -0.507 e. The molecule has 3 heterocycles. The van der Waals surface area contributed by atoms with Gasteiger partial charge in [0.25, 0.3) is 17.6 Å². The number of carbonyl (C=O) groups is 4. The van der Waals surface area contributed by atoms with Crippen LogP contribution < -0.4 is 14.8 Å². The number of hydrogen-bond acceptors (Lipinski definition) is 13. The summed E-state index contributed by atoms with van der Waals surface area (Å²) in [6.07, 6.45) is 3.56. The normalized spacial score (nSPS) is 28.9. The van der Waals surface area contributed by atoms with Gasteiger partial charge in [0, 0.05) is 80.8 Å². The molecule has 0 aromatic heterocycles. The summed E-state index contributed by atoms with van der Waals surface area (Å²) >= 11 is 0. The van der Waals surface area contributed by atoms with Gasteiger partial charge in [-0.25, -0.2) is 0 Å². The molecule has 15 nitrogen and oxygen atoms in total. The highest BCUT2D eigenvalue weighted by molar-refractivity contribution is 6.21. The van der Waals surface area contributed by atoms with Crippen molar-refractivity contribution < 1.29 is 63.3 Å². The maximum Gasteiger partial charge on any atom is 0.312 e. The number of ether oxygens (including phenoxy) is 5. The van der Waals surface area contributed by atoms with Crippen molar-refractivity contribution in [2.24, 2.45) is 23.7 Å². The van der Waals surface area contributed by atoms with Crippen LogP contribution in [-0.4, -0.2) is 99.9 Å². The largest absolute Gasteiger partial charge is 0.507 e. The molecule has 3 aliphatic heterocycles. The number of nitrogens with one attached hydrogen (secondary N) is 1. The highest BCUT2D eigenvalue weighted by Gasteiger charge is 2.50. The Hall–Kier alpha value is -5.90. The number of likely N-dealkylation sites (N-methyl/N-ethyl adjacent to an activating group) is 1. The molecule has 0 fully saturated rings. The van der Waals surface area contributed by atoms with E-state index in [4.69, 9.17) is 23.7 Å². The van der Waals surface area contributed by atoms with Crippen molar-refractivity contribution in [3.05, 3.63) is 89.2 Å². The van der Waals surface area contributed by atoms with Crippen LogP contribution in [0.2, 0.25) is 0 Å². The number of methoxy groups -OCH3 is 1. The van der Waals surface area contributed by atoms with Gasteiger partial charge in [0.05, 0.1) is 41.2 Å². The number of hydrogen-bond donors (Lipinski definition) is 5. The van der Waals surface area contributed by atoms with Gasteiger partial charge < -0.3 is 54.3 Å². The van der Waals surface area contributed by atoms with Crippen LogP contribution in [0.5, 0.6) is 23.0 Å². The molecule has 2 amide bonds. The van der Waals surface area contributed by atoms with E-state index in [0.717, 1.165) is 5.56 Å². The smallest absolute Gasteiger partial charge is 0.312 e. The number of phenolic OH excluding ortho intramolecular Hbond substituents is 2. The fourth-order valence-electron chi connectivity index (χ4n) is 7.94. The average molecular weight is 859 g/mol. The number of carbonyl (C=O) groups excluding carboxylic acids is 4. The summed E-state index contributed by atoms with van der Waals surface area (Å²) in [4.78, 5) is 55.4. The Kier molecular flexibility index (Phi) is 14.8. The van der Waals surface area contributed by atoms with Gasteiger partial charge in [-0.1, -0.05) is 76.3 Å². The molecule has 0 radical (unpaired) electrons. The van der Waals surface area contributed by atoms with Crippen molar-refractivity contribution >= 4 is 40.0 Å². The first-order valence-corrected chi connectivity index (χ1v) is 20.5. The van der Waals surface area contributed by atoms with Crippen molar-refractivity contribution in [2.75, 3.05) is 26.1 Å². The zero-order chi connectivity index (χ0) is 45.8. The van der Waals surface area contributed by atoms with Gasteiger partial charge in [-0.3, -0.25) is 19.2 Å². The number of phenols is 2. The van der Waals surface area contributed by atoms with E-state index in [0.29, 0.717) is 0 Å². The van der Waals surface area contributed by atoms with E-state index in [1.54, 1.807) is 46.9 Å². The number of aliphatic hydroxyl groups excluding tert-OH is 2. The first kappa shape index (κ1) is 47.2. The third-order valence-electron chi connectivity index (χ3n) is 11.9. The molecule has 0 saturated heterocycles. The zero-order valence-corrected chi connectivity index (χ0v) is 36.8. The minimum atomic E-state index is -2.04. The van der Waals surface area contributed by atoms with Crippen molar-refractivity contribution in [2.45, 2.75) is 92.1 Å². The Balaban J connectivity index is 1.65. The number of rotatable bonds is 7. The minimum absolute atomic E-state index is 0.0676. The summed E-state index contributed by atoms with van der Waals surface area (Å²) in [6, 6.07) is 10.6. The van der Waals surface area contributed by atoms with Gasteiger partial charge >= 0.3 is 11.8 Å². The first-order valence-electron chi connectivity index (χ1n) is 20.5. The van der Waals surface area contributed by atoms with E-state index in [1.807, 2.05) is 30.3 Å². The highest BCUT2D eigenvalue weighted by Crippen LogP contribution is 2.54. The van der Waals surface area contributed by atoms with E-state index in [1.165, 1.54) is 64.2 Å². The molecule has 0 saturated carbocycles. The monoisotopic (exact) mass is 858 g/mol. The fraction of sp³-hybridized carbons (Fsp3) is 0.447. The van der Waals surface area contributed by atoms with E-state index in [9.17, 15) is 39.6 Å². The predicted octanol–water partition coefficient (Wildman–Crippen LogP) is 6.09. The second-order valence-corrected chi connectivity index (χ2v) is 16.4. The van der Waals surface area contributed by atoms with Crippen LogP contribution in [0.3, 0.4) is 0 Å². The molecule has 3 aromatic carbocycles. The average Bonchev–Trinajstić information content (AvgIpc) is 3.50. The lowest BCUT2D eigenvalue weighted by Crippen LogP contribution is -2.46. The predicted molar refractivity (Wildman–Crippen MR) is 231 cm³/mol. The molecular weight excluding hydrogens is 801 g/mol. The molecule has 6 rings (SSSR count). The van der Waals surface area contributed by atoms with Crippen molar-refractivity contribution in [1.29, 1.82) is 0 Å². The number of benzene rings is 3. The van der Waals surface area contributed by atoms with Crippen molar-refractivity contribution in [3.63, 3.8) is 0 Å². The second kappa shape index (κ2) is 19.4. The van der Waals surface area contributed by atoms with Gasteiger partial charge in [0.15, 0.2) is 12.4 Å². The summed E-state index contributed by atoms with van der Waals surface area (Å²) in [5.41, 5.74) is 0.823. The number of amides is 2. The SMILES string of the molecule is CO[C@H]1/C=C/O[C@@]2(C)Oc3c(C)c(O)c4c(O)c(cc(OCC(=O)N(C)Cc5ccccc5)c4c3C2=O)NC(=O)/C(C)=C\C=C\[C@@H](C)[C@@H](O)[C@@H](C)[C@H](O)[C@@H](C)[C@H](OC(C)=O)[C@@H]1C. The molecule has 0 unspecified atom stereocenters. The van der Waals surface area contributed by atoms with Gasteiger partial charge in [-0.15, -0.1) is 0 Å². The summed E-state index contributed by atoms with van der Waals surface area (Å²) in [6.45, 7) is 12.3. The summed E-state index contributed by atoms with van der Waals surface area (Å²) < 4.78 is 29.8. The summed E-state index contributed by atoms with van der Waals surface area (Å²) in [5.74, 6) is -8.21. The number of aromatic hydroxyl groups is 2. The Morgan fingerprint density at radius 2 is 1.61 bits per heavy atom. The van der Waals surface area contributed by atoms with Crippen LogP contribution in [0.4, 0.5) is 5.69 Å². The maximum absolute atomic E-state index is 14.6.